The summed E-state index contributed by atoms with van der Waals surface area (Å²) in [5.41, 5.74) is 1.84. The molecule has 2 atom stereocenters. The van der Waals surface area contributed by atoms with E-state index in [4.69, 9.17) is 4.74 Å². The van der Waals surface area contributed by atoms with Crippen LogP contribution >= 0.6 is 0 Å². The van der Waals surface area contributed by atoms with E-state index in [0.29, 0.717) is 24.1 Å². The number of aryl methyl sites for hydroxylation is 1. The van der Waals surface area contributed by atoms with E-state index in [9.17, 15) is 19.2 Å². The summed E-state index contributed by atoms with van der Waals surface area (Å²) < 4.78 is 5.64. The fraction of sp³-hybridized carbons (Fsp3) is 0.467. The number of imide groups is 1. The van der Waals surface area contributed by atoms with E-state index in [2.05, 4.69) is 10.6 Å². The lowest BCUT2D eigenvalue weighted by atomic mass is 10.0. The highest BCUT2D eigenvalue weighted by molar-refractivity contribution is 6.21. The summed E-state index contributed by atoms with van der Waals surface area (Å²) >= 11 is 0. The summed E-state index contributed by atoms with van der Waals surface area (Å²) in [4.78, 5) is 53.5. The maximum Gasteiger partial charge on any atom is 0.323 e. The Morgan fingerprint density at radius 1 is 0.947 bits per heavy atom. The first kappa shape index (κ1) is 29.0. The standard InChI is InChI=1S/C30H39N3O5/c1-19(2)16-25(26(34)31-18-21-10-8-7-9-11-21)32-24(29(37)38-30(4,5)6)14-15-33-27(35)22-13-12-20(3)17-23(22)28(33)36/h7-13,17,19,24-25,32H,14-16,18H2,1-6H3,(H,31,34)/t24-,25+/m1/s1. The number of hydrogen-bond acceptors (Lipinski definition) is 6. The van der Waals surface area contributed by atoms with E-state index in [1.165, 1.54) is 0 Å². The fourth-order valence-corrected chi connectivity index (χ4v) is 4.38. The van der Waals surface area contributed by atoms with Crippen molar-refractivity contribution in [3.63, 3.8) is 0 Å². The highest BCUT2D eigenvalue weighted by atomic mass is 16.6. The number of fused-ring (bicyclic) bond motifs is 1. The van der Waals surface area contributed by atoms with Gasteiger partial charge in [-0.3, -0.25) is 29.4 Å². The van der Waals surface area contributed by atoms with Crippen molar-refractivity contribution in [2.75, 3.05) is 6.54 Å². The quantitative estimate of drug-likeness (QED) is 0.342. The molecular formula is C30H39N3O5. The molecule has 0 aromatic heterocycles. The van der Waals surface area contributed by atoms with Crippen LogP contribution in [0.4, 0.5) is 0 Å². The third kappa shape index (κ3) is 7.74. The van der Waals surface area contributed by atoms with Crippen molar-refractivity contribution in [2.45, 2.75) is 78.6 Å². The van der Waals surface area contributed by atoms with Gasteiger partial charge in [-0.1, -0.05) is 55.8 Å². The predicted octanol–water partition coefficient (Wildman–Crippen LogP) is 4.01. The van der Waals surface area contributed by atoms with Crippen molar-refractivity contribution < 1.29 is 23.9 Å². The van der Waals surface area contributed by atoms with Gasteiger partial charge >= 0.3 is 5.97 Å². The molecule has 0 spiro atoms. The first-order valence-electron chi connectivity index (χ1n) is 13.1. The van der Waals surface area contributed by atoms with Gasteiger partial charge in [0.05, 0.1) is 17.2 Å². The van der Waals surface area contributed by atoms with Crippen molar-refractivity contribution in [3.8, 4) is 0 Å². The summed E-state index contributed by atoms with van der Waals surface area (Å²) in [5, 5.41) is 6.15. The van der Waals surface area contributed by atoms with Crippen LogP contribution < -0.4 is 10.6 Å². The molecule has 0 unspecified atom stereocenters. The van der Waals surface area contributed by atoms with E-state index >= 15 is 0 Å². The Labute approximate surface area is 225 Å². The number of esters is 1. The van der Waals surface area contributed by atoms with Gasteiger partial charge in [-0.15, -0.1) is 0 Å². The van der Waals surface area contributed by atoms with Gasteiger partial charge in [0.1, 0.15) is 11.6 Å². The molecule has 1 aliphatic rings. The molecule has 0 saturated carbocycles. The number of carbonyl (C=O) groups is 4. The Kier molecular flexibility index (Phi) is 9.44. The fourth-order valence-electron chi connectivity index (χ4n) is 4.38. The van der Waals surface area contributed by atoms with E-state index in [1.54, 1.807) is 39.0 Å². The van der Waals surface area contributed by atoms with Gasteiger partial charge in [0.25, 0.3) is 11.8 Å². The van der Waals surface area contributed by atoms with Gasteiger partial charge in [-0.25, -0.2) is 0 Å². The molecule has 204 valence electrons. The minimum Gasteiger partial charge on any atom is -0.459 e. The van der Waals surface area contributed by atoms with Crippen LogP contribution in [0.5, 0.6) is 0 Å². The van der Waals surface area contributed by atoms with Gasteiger partial charge in [0.15, 0.2) is 0 Å². The lowest BCUT2D eigenvalue weighted by Gasteiger charge is -2.29. The van der Waals surface area contributed by atoms with Crippen LogP contribution in [0.2, 0.25) is 0 Å². The van der Waals surface area contributed by atoms with Gasteiger partial charge in [0.2, 0.25) is 5.91 Å². The summed E-state index contributed by atoms with van der Waals surface area (Å²) in [7, 11) is 0. The van der Waals surface area contributed by atoms with Gasteiger partial charge in [-0.2, -0.15) is 0 Å². The number of ether oxygens (including phenoxy) is 1. The number of nitrogens with zero attached hydrogens (tertiary/aromatic N) is 1. The number of hydrogen-bond donors (Lipinski definition) is 2. The molecule has 38 heavy (non-hydrogen) atoms. The van der Waals surface area contributed by atoms with Crippen LogP contribution in [0, 0.1) is 12.8 Å². The molecule has 3 rings (SSSR count). The van der Waals surface area contributed by atoms with Crippen LogP contribution in [-0.4, -0.2) is 52.8 Å². The van der Waals surface area contributed by atoms with Crippen molar-refractivity contribution in [1.82, 2.24) is 15.5 Å². The smallest absolute Gasteiger partial charge is 0.323 e. The predicted molar refractivity (Wildman–Crippen MR) is 145 cm³/mol. The number of carbonyl (C=O) groups excluding carboxylic acids is 4. The molecule has 0 fully saturated rings. The highest BCUT2D eigenvalue weighted by Gasteiger charge is 2.37. The normalized spacial score (nSPS) is 14.9. The number of nitrogens with one attached hydrogen (secondary N) is 2. The van der Waals surface area contributed by atoms with Crippen molar-refractivity contribution in [2.24, 2.45) is 5.92 Å². The zero-order valence-electron chi connectivity index (χ0n) is 23.2. The zero-order chi connectivity index (χ0) is 28.0. The summed E-state index contributed by atoms with van der Waals surface area (Å²) in [5.74, 6) is -1.35. The lowest BCUT2D eigenvalue weighted by molar-refractivity contribution is -0.158. The molecule has 0 saturated heterocycles. The lowest BCUT2D eigenvalue weighted by Crippen LogP contribution is -2.53. The molecule has 1 heterocycles. The van der Waals surface area contributed by atoms with Crippen LogP contribution in [0.1, 0.15) is 79.3 Å². The first-order chi connectivity index (χ1) is 17.9. The van der Waals surface area contributed by atoms with E-state index in [1.807, 2.05) is 51.1 Å². The maximum atomic E-state index is 13.2. The molecule has 1 aliphatic heterocycles. The molecule has 0 aliphatic carbocycles. The Balaban J connectivity index is 1.76. The first-order valence-corrected chi connectivity index (χ1v) is 13.1. The monoisotopic (exact) mass is 521 g/mol. The molecule has 2 aromatic rings. The molecule has 8 nitrogen and oxygen atoms in total. The second kappa shape index (κ2) is 12.3. The minimum absolute atomic E-state index is 0.0162. The molecule has 0 bridgehead atoms. The molecule has 8 heteroatoms. The number of benzene rings is 2. The molecule has 0 radical (unpaired) electrons. The average molecular weight is 522 g/mol. The van der Waals surface area contributed by atoms with E-state index in [-0.39, 0.29) is 36.6 Å². The van der Waals surface area contributed by atoms with Gasteiger partial charge < -0.3 is 10.1 Å². The van der Waals surface area contributed by atoms with E-state index < -0.39 is 23.7 Å². The average Bonchev–Trinajstić information content (AvgIpc) is 3.07. The van der Waals surface area contributed by atoms with E-state index in [0.717, 1.165) is 16.0 Å². The topological polar surface area (TPSA) is 105 Å². The SMILES string of the molecule is Cc1ccc2c(c1)C(=O)N(CC[C@@H](N[C@@H](CC(C)C)C(=O)NCc1ccccc1)C(=O)OC(C)(C)C)C2=O. The maximum absolute atomic E-state index is 13.2. The molecule has 2 aromatic carbocycles. The van der Waals surface area contributed by atoms with Crippen molar-refractivity contribution in [1.29, 1.82) is 0 Å². The Morgan fingerprint density at radius 2 is 1.61 bits per heavy atom. The summed E-state index contributed by atoms with van der Waals surface area (Å²) in [6, 6.07) is 13.2. The second-order valence-corrected chi connectivity index (χ2v) is 11.2. The molecule has 2 N–H and O–H groups in total. The zero-order valence-corrected chi connectivity index (χ0v) is 23.2. The highest BCUT2D eigenvalue weighted by Crippen LogP contribution is 2.24. The Hall–Kier alpha value is -3.52. The van der Waals surface area contributed by atoms with Crippen LogP contribution in [-0.2, 0) is 20.9 Å². The summed E-state index contributed by atoms with van der Waals surface area (Å²) in [6.07, 6.45) is 0.603. The van der Waals surface area contributed by atoms with Crippen molar-refractivity contribution in [3.05, 3.63) is 70.8 Å². The minimum atomic E-state index is -0.897. The van der Waals surface area contributed by atoms with Crippen LogP contribution in [0.3, 0.4) is 0 Å². The Bertz CT molecular complexity index is 1170. The Morgan fingerprint density at radius 3 is 2.24 bits per heavy atom. The van der Waals surface area contributed by atoms with Crippen LogP contribution in [0.15, 0.2) is 48.5 Å². The largest absolute Gasteiger partial charge is 0.459 e. The van der Waals surface area contributed by atoms with Crippen LogP contribution in [0.25, 0.3) is 0 Å². The third-order valence-corrected chi connectivity index (χ3v) is 6.19. The number of rotatable bonds is 11. The third-order valence-electron chi connectivity index (χ3n) is 6.19. The van der Waals surface area contributed by atoms with Gasteiger partial charge in [-0.05, 0) is 64.2 Å². The molecule has 3 amide bonds. The molecular weight excluding hydrogens is 482 g/mol. The number of amides is 3. The van der Waals surface area contributed by atoms with Crippen molar-refractivity contribution >= 4 is 23.7 Å². The summed E-state index contributed by atoms with van der Waals surface area (Å²) in [6.45, 7) is 11.6. The second-order valence-electron chi connectivity index (χ2n) is 11.2. The van der Waals surface area contributed by atoms with Gasteiger partial charge in [0, 0.05) is 13.1 Å².